The van der Waals surface area contributed by atoms with Gasteiger partial charge >= 0.3 is 0 Å². The molecular weight excluding hydrogens is 276 g/mol. The second kappa shape index (κ2) is 7.09. The Morgan fingerprint density at radius 1 is 1.27 bits per heavy atom. The average molecular weight is 292 g/mol. The Morgan fingerprint density at radius 2 is 2.00 bits per heavy atom. The maximum absolute atomic E-state index is 11.1. The van der Waals surface area contributed by atoms with Crippen LogP contribution in [0.5, 0.6) is 5.75 Å². The van der Waals surface area contributed by atoms with Gasteiger partial charge in [0.15, 0.2) is 0 Å². The van der Waals surface area contributed by atoms with Crippen molar-refractivity contribution in [2.75, 3.05) is 0 Å². The van der Waals surface area contributed by atoms with Gasteiger partial charge in [0, 0.05) is 0 Å². The van der Waals surface area contributed by atoms with E-state index < -0.39 is 5.91 Å². The number of benzene rings is 2. The molecule has 2 N–H and O–H groups in total. The normalized spacial score (nSPS) is 10.8. The molecule has 0 aliphatic rings. The Labute approximate surface area is 129 Å². The molecule has 0 atom stereocenters. The molecule has 0 saturated heterocycles. The number of nitrogens with zero attached hydrogens (tertiary/aromatic N) is 1. The van der Waals surface area contributed by atoms with Crippen molar-refractivity contribution in [2.45, 2.75) is 13.5 Å². The number of primary amides is 1. The van der Waals surface area contributed by atoms with Crippen LogP contribution >= 0.6 is 0 Å². The van der Waals surface area contributed by atoms with Crippen LogP contribution in [0.1, 0.15) is 16.7 Å². The average Bonchev–Trinajstić information content (AvgIpc) is 2.52. The van der Waals surface area contributed by atoms with Crippen LogP contribution in [0.3, 0.4) is 0 Å². The van der Waals surface area contributed by atoms with Gasteiger partial charge in [0.25, 0.3) is 5.91 Å². The molecule has 0 unspecified atom stereocenters. The van der Waals surface area contributed by atoms with Crippen LogP contribution in [0, 0.1) is 18.3 Å². The molecule has 0 heterocycles. The van der Waals surface area contributed by atoms with Gasteiger partial charge in [0.05, 0.1) is 0 Å². The van der Waals surface area contributed by atoms with E-state index in [2.05, 4.69) is 0 Å². The molecule has 0 aliphatic heterocycles. The zero-order chi connectivity index (χ0) is 15.9. The van der Waals surface area contributed by atoms with E-state index in [0.717, 1.165) is 5.56 Å². The highest BCUT2D eigenvalue weighted by atomic mass is 16.5. The van der Waals surface area contributed by atoms with Gasteiger partial charge < -0.3 is 10.5 Å². The fraction of sp³-hybridized carbons (Fsp3) is 0.111. The number of carbonyl (C=O) groups is 1. The molecule has 2 aromatic carbocycles. The minimum Gasteiger partial charge on any atom is -0.489 e. The van der Waals surface area contributed by atoms with Crippen molar-refractivity contribution in [2.24, 2.45) is 5.73 Å². The van der Waals surface area contributed by atoms with Gasteiger partial charge in [-0.05, 0) is 36.3 Å². The van der Waals surface area contributed by atoms with Gasteiger partial charge in [-0.2, -0.15) is 5.26 Å². The number of nitriles is 1. The molecule has 2 rings (SSSR count). The lowest BCUT2D eigenvalue weighted by Crippen LogP contribution is -2.12. The Kier molecular flexibility index (Phi) is 4.94. The second-order valence-electron chi connectivity index (χ2n) is 4.88. The number of ether oxygens (including phenoxy) is 1. The monoisotopic (exact) mass is 292 g/mol. The summed E-state index contributed by atoms with van der Waals surface area (Å²) in [6, 6.07) is 17.0. The number of hydrogen-bond acceptors (Lipinski definition) is 3. The molecule has 0 aromatic heterocycles. The highest BCUT2D eigenvalue weighted by Crippen LogP contribution is 2.17. The Hall–Kier alpha value is -3.06. The maximum atomic E-state index is 11.1. The third kappa shape index (κ3) is 4.22. The zero-order valence-electron chi connectivity index (χ0n) is 12.2. The number of rotatable bonds is 5. The van der Waals surface area contributed by atoms with Crippen LogP contribution < -0.4 is 10.5 Å². The van der Waals surface area contributed by atoms with Gasteiger partial charge in [-0.3, -0.25) is 4.79 Å². The molecule has 0 radical (unpaired) electrons. The van der Waals surface area contributed by atoms with E-state index in [1.807, 2.05) is 37.3 Å². The second-order valence-corrected chi connectivity index (χ2v) is 4.88. The van der Waals surface area contributed by atoms with Crippen molar-refractivity contribution in [3.05, 3.63) is 70.8 Å². The quantitative estimate of drug-likeness (QED) is 0.680. The van der Waals surface area contributed by atoms with Crippen molar-refractivity contribution in [1.82, 2.24) is 0 Å². The summed E-state index contributed by atoms with van der Waals surface area (Å²) in [4.78, 5) is 11.1. The summed E-state index contributed by atoms with van der Waals surface area (Å²) in [7, 11) is 0. The summed E-state index contributed by atoms with van der Waals surface area (Å²) in [5.41, 5.74) is 7.99. The van der Waals surface area contributed by atoms with E-state index in [1.54, 1.807) is 24.3 Å². The highest BCUT2D eigenvalue weighted by Gasteiger charge is 2.04. The predicted octanol–water partition coefficient (Wildman–Crippen LogP) is 2.97. The fourth-order valence-electron chi connectivity index (χ4n) is 1.87. The number of aryl methyl sites for hydroxylation is 1. The zero-order valence-corrected chi connectivity index (χ0v) is 12.2. The third-order valence-corrected chi connectivity index (χ3v) is 3.08. The van der Waals surface area contributed by atoms with Crippen LogP contribution in [0.4, 0.5) is 0 Å². The summed E-state index contributed by atoms with van der Waals surface area (Å²) in [5, 5.41) is 8.85. The Balaban J connectivity index is 2.10. The van der Waals surface area contributed by atoms with Gasteiger partial charge in [0.1, 0.15) is 24.0 Å². The first kappa shape index (κ1) is 15.3. The lowest BCUT2D eigenvalue weighted by molar-refractivity contribution is -0.114. The summed E-state index contributed by atoms with van der Waals surface area (Å²) >= 11 is 0. The minimum absolute atomic E-state index is 0.0873. The van der Waals surface area contributed by atoms with Crippen molar-refractivity contribution in [3.63, 3.8) is 0 Å². The molecule has 0 aliphatic carbocycles. The molecule has 0 bridgehead atoms. The smallest absolute Gasteiger partial charge is 0.259 e. The topological polar surface area (TPSA) is 76.1 Å². The largest absolute Gasteiger partial charge is 0.489 e. The van der Waals surface area contributed by atoms with Crippen LogP contribution in [-0.2, 0) is 11.4 Å². The Bertz CT molecular complexity index is 740. The summed E-state index contributed by atoms with van der Waals surface area (Å²) in [6.45, 7) is 2.49. The number of amides is 1. The van der Waals surface area contributed by atoms with Gasteiger partial charge in [0.2, 0.25) is 0 Å². The van der Waals surface area contributed by atoms with E-state index >= 15 is 0 Å². The first-order valence-electron chi connectivity index (χ1n) is 6.78. The van der Waals surface area contributed by atoms with Crippen LogP contribution in [-0.4, -0.2) is 5.91 Å². The van der Waals surface area contributed by atoms with E-state index in [0.29, 0.717) is 17.9 Å². The summed E-state index contributed by atoms with van der Waals surface area (Å²) in [6.07, 6.45) is 1.45. The van der Waals surface area contributed by atoms with Gasteiger partial charge in [-0.15, -0.1) is 0 Å². The SMILES string of the molecule is Cc1ccc(COc2cccc(/C=C(/C#N)C(N)=O)c2)cc1. The van der Waals surface area contributed by atoms with Crippen molar-refractivity contribution >= 4 is 12.0 Å². The molecule has 0 saturated carbocycles. The maximum Gasteiger partial charge on any atom is 0.259 e. The number of carbonyl (C=O) groups excluding carboxylic acids is 1. The van der Waals surface area contributed by atoms with E-state index in [-0.39, 0.29) is 5.57 Å². The van der Waals surface area contributed by atoms with Gasteiger partial charge in [-0.25, -0.2) is 0 Å². The number of hydrogen-bond donors (Lipinski definition) is 1. The van der Waals surface area contributed by atoms with Gasteiger partial charge in [-0.1, -0.05) is 42.0 Å². The van der Waals surface area contributed by atoms with Crippen LogP contribution in [0.15, 0.2) is 54.1 Å². The van der Waals surface area contributed by atoms with Crippen molar-refractivity contribution in [1.29, 1.82) is 5.26 Å². The molecule has 2 aromatic rings. The van der Waals surface area contributed by atoms with Crippen LogP contribution in [0.2, 0.25) is 0 Å². The minimum atomic E-state index is -0.742. The van der Waals surface area contributed by atoms with E-state index in [4.69, 9.17) is 15.7 Å². The van der Waals surface area contributed by atoms with E-state index in [1.165, 1.54) is 11.6 Å². The Morgan fingerprint density at radius 3 is 2.64 bits per heavy atom. The third-order valence-electron chi connectivity index (χ3n) is 3.08. The van der Waals surface area contributed by atoms with Crippen LogP contribution in [0.25, 0.3) is 6.08 Å². The summed E-state index contributed by atoms with van der Waals surface area (Å²) < 4.78 is 5.72. The van der Waals surface area contributed by atoms with E-state index in [9.17, 15) is 4.79 Å². The summed E-state index contributed by atoms with van der Waals surface area (Å²) in [5.74, 6) is -0.0791. The predicted molar refractivity (Wildman–Crippen MR) is 84.7 cm³/mol. The number of nitrogens with two attached hydrogens (primary N) is 1. The molecule has 1 amide bonds. The molecule has 0 fully saturated rings. The first-order chi connectivity index (χ1) is 10.6. The highest BCUT2D eigenvalue weighted by molar-refractivity contribution is 6.00. The lowest BCUT2D eigenvalue weighted by Gasteiger charge is -2.07. The first-order valence-corrected chi connectivity index (χ1v) is 6.78. The fourth-order valence-corrected chi connectivity index (χ4v) is 1.87. The van der Waals surface area contributed by atoms with Crippen molar-refractivity contribution in [3.8, 4) is 11.8 Å². The molecular formula is C18H16N2O2. The molecule has 0 spiro atoms. The van der Waals surface area contributed by atoms with Crippen molar-refractivity contribution < 1.29 is 9.53 Å². The molecule has 110 valence electrons. The lowest BCUT2D eigenvalue weighted by atomic mass is 10.1. The molecule has 4 nitrogen and oxygen atoms in total. The standard InChI is InChI=1S/C18H16N2O2/c1-13-5-7-14(8-6-13)12-22-17-4-2-3-15(10-17)9-16(11-19)18(20)21/h2-10H,12H2,1H3,(H2,20,21)/b16-9-. The molecule has 22 heavy (non-hydrogen) atoms. The molecule has 4 heteroatoms.